The molecule has 1 aliphatic rings. The molecule has 0 amide bonds. The van der Waals surface area contributed by atoms with Gasteiger partial charge in [-0.15, -0.1) is 0 Å². The van der Waals surface area contributed by atoms with E-state index in [0.29, 0.717) is 6.54 Å². The van der Waals surface area contributed by atoms with E-state index >= 15 is 0 Å². The second kappa shape index (κ2) is 5.66. The summed E-state index contributed by atoms with van der Waals surface area (Å²) in [5, 5.41) is 14.9. The van der Waals surface area contributed by atoms with Crippen molar-refractivity contribution in [2.45, 2.75) is 20.3 Å². The number of allylic oxidation sites excluding steroid dienone is 4. The molecule has 1 aliphatic heterocycles. The standard InChI is InChI=1S/C11H17FN2O/c1-3-11(5-4-9(2)12)14-7-10(8-15)6-13-14/h4-6,10,15H,3,7-8H2,1-2H3/b9-4+,11-5+. The molecule has 0 spiro atoms. The molecule has 84 valence electrons. The summed E-state index contributed by atoms with van der Waals surface area (Å²) in [4.78, 5) is 0. The number of nitrogens with zero attached hydrogens (tertiary/aromatic N) is 2. The maximum Gasteiger partial charge on any atom is 0.0969 e. The fourth-order valence-corrected chi connectivity index (χ4v) is 1.38. The van der Waals surface area contributed by atoms with Crippen molar-refractivity contribution < 1.29 is 9.50 Å². The van der Waals surface area contributed by atoms with Gasteiger partial charge < -0.3 is 5.11 Å². The molecule has 0 bridgehead atoms. The summed E-state index contributed by atoms with van der Waals surface area (Å²) in [5.74, 6) is -0.127. The maximum atomic E-state index is 12.5. The molecule has 1 atom stereocenters. The Morgan fingerprint density at radius 1 is 1.67 bits per heavy atom. The predicted molar refractivity (Wildman–Crippen MR) is 59.0 cm³/mol. The molecule has 1 rings (SSSR count). The first-order valence-corrected chi connectivity index (χ1v) is 5.12. The Bertz CT molecular complexity index is 293. The van der Waals surface area contributed by atoms with Gasteiger partial charge >= 0.3 is 0 Å². The van der Waals surface area contributed by atoms with Crippen molar-refractivity contribution in [3.63, 3.8) is 0 Å². The molecule has 15 heavy (non-hydrogen) atoms. The van der Waals surface area contributed by atoms with Crippen LogP contribution in [0.4, 0.5) is 4.39 Å². The second-order valence-corrected chi connectivity index (χ2v) is 3.55. The monoisotopic (exact) mass is 212 g/mol. The van der Waals surface area contributed by atoms with Crippen LogP contribution in [0.2, 0.25) is 0 Å². The lowest BCUT2D eigenvalue weighted by atomic mass is 10.2. The van der Waals surface area contributed by atoms with Gasteiger partial charge in [-0.1, -0.05) is 6.92 Å². The molecule has 3 nitrogen and oxygen atoms in total. The average molecular weight is 212 g/mol. The zero-order valence-corrected chi connectivity index (χ0v) is 9.15. The van der Waals surface area contributed by atoms with Crippen LogP contribution in [0.5, 0.6) is 0 Å². The molecule has 1 heterocycles. The van der Waals surface area contributed by atoms with E-state index in [4.69, 9.17) is 5.11 Å². The highest BCUT2D eigenvalue weighted by atomic mass is 19.1. The van der Waals surface area contributed by atoms with Crippen LogP contribution >= 0.6 is 0 Å². The molecule has 0 saturated heterocycles. The van der Waals surface area contributed by atoms with Crippen LogP contribution in [0.15, 0.2) is 28.8 Å². The van der Waals surface area contributed by atoms with Crippen LogP contribution in [0.3, 0.4) is 0 Å². The molecular weight excluding hydrogens is 195 g/mol. The topological polar surface area (TPSA) is 35.8 Å². The quantitative estimate of drug-likeness (QED) is 0.724. The Hall–Kier alpha value is -1.16. The summed E-state index contributed by atoms with van der Waals surface area (Å²) in [6, 6.07) is 0. The van der Waals surface area contributed by atoms with Crippen LogP contribution in [0.1, 0.15) is 20.3 Å². The minimum Gasteiger partial charge on any atom is -0.396 e. The molecule has 4 heteroatoms. The maximum absolute atomic E-state index is 12.5. The first-order valence-electron chi connectivity index (χ1n) is 5.12. The fourth-order valence-electron chi connectivity index (χ4n) is 1.38. The van der Waals surface area contributed by atoms with Gasteiger partial charge in [-0.25, -0.2) is 4.39 Å². The minimum absolute atomic E-state index is 0.0930. The van der Waals surface area contributed by atoms with Gasteiger partial charge in [-0.05, 0) is 25.5 Å². The first kappa shape index (κ1) is 11.9. The third-order valence-corrected chi connectivity index (χ3v) is 2.26. The summed E-state index contributed by atoms with van der Waals surface area (Å²) < 4.78 is 12.5. The second-order valence-electron chi connectivity index (χ2n) is 3.55. The molecular formula is C11H17FN2O. The molecule has 0 saturated carbocycles. The van der Waals surface area contributed by atoms with Crippen LogP contribution in [-0.4, -0.2) is 29.5 Å². The summed E-state index contributed by atoms with van der Waals surface area (Å²) in [5.41, 5.74) is 0.958. The first-order chi connectivity index (χ1) is 7.17. The third kappa shape index (κ3) is 3.47. The molecule has 0 radical (unpaired) electrons. The van der Waals surface area contributed by atoms with Crippen LogP contribution in [-0.2, 0) is 0 Å². The highest BCUT2D eigenvalue weighted by Crippen LogP contribution is 2.17. The van der Waals surface area contributed by atoms with E-state index in [9.17, 15) is 4.39 Å². The lowest BCUT2D eigenvalue weighted by molar-refractivity contribution is 0.241. The Morgan fingerprint density at radius 2 is 2.40 bits per heavy atom. The van der Waals surface area contributed by atoms with Crippen molar-refractivity contribution in [2.75, 3.05) is 13.2 Å². The van der Waals surface area contributed by atoms with Gasteiger partial charge in [0.1, 0.15) is 0 Å². The zero-order valence-electron chi connectivity index (χ0n) is 9.15. The Labute approximate surface area is 89.6 Å². The molecule has 1 unspecified atom stereocenters. The Kier molecular flexibility index (Phi) is 4.49. The van der Waals surface area contributed by atoms with Crippen molar-refractivity contribution in [2.24, 2.45) is 11.0 Å². The summed E-state index contributed by atoms with van der Waals surface area (Å²) >= 11 is 0. The van der Waals surface area contributed by atoms with E-state index in [0.717, 1.165) is 12.1 Å². The van der Waals surface area contributed by atoms with Crippen molar-refractivity contribution in [3.8, 4) is 0 Å². The van der Waals surface area contributed by atoms with Crippen molar-refractivity contribution >= 4 is 6.21 Å². The van der Waals surface area contributed by atoms with Gasteiger partial charge in [-0.2, -0.15) is 5.10 Å². The Balaban J connectivity index is 2.65. The van der Waals surface area contributed by atoms with Crippen molar-refractivity contribution in [1.82, 2.24) is 5.01 Å². The van der Waals surface area contributed by atoms with E-state index < -0.39 is 0 Å². The molecule has 0 aromatic rings. The summed E-state index contributed by atoms with van der Waals surface area (Å²) in [6.45, 7) is 4.19. The van der Waals surface area contributed by atoms with Gasteiger partial charge in [0.25, 0.3) is 0 Å². The lowest BCUT2D eigenvalue weighted by Gasteiger charge is -2.17. The largest absolute Gasteiger partial charge is 0.396 e. The highest BCUT2D eigenvalue weighted by molar-refractivity contribution is 5.63. The smallest absolute Gasteiger partial charge is 0.0969 e. The Morgan fingerprint density at radius 3 is 2.87 bits per heavy atom. The fraction of sp³-hybridized carbons (Fsp3) is 0.545. The van der Waals surface area contributed by atoms with Crippen molar-refractivity contribution in [3.05, 3.63) is 23.7 Å². The SMILES string of the molecule is CC/C(=C\C=C(/C)F)N1CC(CO)C=N1. The van der Waals surface area contributed by atoms with E-state index in [1.54, 1.807) is 17.3 Å². The van der Waals surface area contributed by atoms with Crippen molar-refractivity contribution in [1.29, 1.82) is 0 Å². The van der Waals surface area contributed by atoms with E-state index in [2.05, 4.69) is 5.10 Å². The highest BCUT2D eigenvalue weighted by Gasteiger charge is 2.18. The molecule has 0 aromatic heterocycles. The molecule has 0 aromatic carbocycles. The van der Waals surface area contributed by atoms with E-state index in [-0.39, 0.29) is 18.4 Å². The average Bonchev–Trinajstić information content (AvgIpc) is 2.67. The normalized spacial score (nSPS) is 22.7. The summed E-state index contributed by atoms with van der Waals surface area (Å²) in [6.07, 6.45) is 5.68. The van der Waals surface area contributed by atoms with Crippen LogP contribution in [0.25, 0.3) is 0 Å². The number of hydrazone groups is 1. The van der Waals surface area contributed by atoms with Gasteiger partial charge in [-0.3, -0.25) is 5.01 Å². The molecule has 1 N–H and O–H groups in total. The zero-order chi connectivity index (χ0) is 11.3. The number of hydrogen-bond acceptors (Lipinski definition) is 3. The van der Waals surface area contributed by atoms with Gasteiger partial charge in [0.15, 0.2) is 0 Å². The number of rotatable bonds is 4. The number of aliphatic hydroxyl groups is 1. The predicted octanol–water partition coefficient (Wildman–Crippen LogP) is 2.06. The lowest BCUT2D eigenvalue weighted by Crippen LogP contribution is -2.19. The molecule has 0 aliphatic carbocycles. The van der Waals surface area contributed by atoms with Gasteiger partial charge in [0, 0.05) is 17.8 Å². The number of halogens is 1. The van der Waals surface area contributed by atoms with Crippen LogP contribution in [0, 0.1) is 5.92 Å². The number of hydrogen-bond donors (Lipinski definition) is 1. The van der Waals surface area contributed by atoms with E-state index in [1.165, 1.54) is 13.0 Å². The van der Waals surface area contributed by atoms with Gasteiger partial charge in [0.2, 0.25) is 0 Å². The third-order valence-electron chi connectivity index (χ3n) is 2.26. The van der Waals surface area contributed by atoms with Gasteiger partial charge in [0.05, 0.1) is 19.0 Å². The summed E-state index contributed by atoms with van der Waals surface area (Å²) in [7, 11) is 0. The minimum atomic E-state index is -0.220. The van der Waals surface area contributed by atoms with E-state index in [1.807, 2.05) is 6.92 Å². The number of aliphatic hydroxyl groups excluding tert-OH is 1. The van der Waals surface area contributed by atoms with Crippen LogP contribution < -0.4 is 0 Å². The molecule has 0 fully saturated rings.